The zero-order valence-corrected chi connectivity index (χ0v) is 11.7. The third-order valence-corrected chi connectivity index (χ3v) is 2.83. The molecule has 0 atom stereocenters. The van der Waals surface area contributed by atoms with Gasteiger partial charge in [-0.05, 0) is 13.5 Å². The molecule has 0 aliphatic rings. The SMILES string of the molecule is CCNC(=O)CNC(=O)c1csc(CCN)n1.Cl. The predicted molar refractivity (Wildman–Crippen MR) is 73.1 cm³/mol. The Morgan fingerprint density at radius 2 is 2.17 bits per heavy atom. The summed E-state index contributed by atoms with van der Waals surface area (Å²) in [5, 5.41) is 7.58. The Hall–Kier alpha value is -1.18. The number of amides is 2. The molecular formula is C10H17ClN4O2S. The molecule has 0 aromatic carbocycles. The van der Waals surface area contributed by atoms with Gasteiger partial charge in [0.2, 0.25) is 5.91 Å². The highest BCUT2D eigenvalue weighted by Gasteiger charge is 2.11. The molecule has 0 fully saturated rings. The number of aromatic nitrogens is 1. The van der Waals surface area contributed by atoms with Crippen LogP contribution in [0.5, 0.6) is 0 Å². The van der Waals surface area contributed by atoms with Gasteiger partial charge in [-0.1, -0.05) is 0 Å². The summed E-state index contributed by atoms with van der Waals surface area (Å²) in [4.78, 5) is 26.8. The van der Waals surface area contributed by atoms with E-state index in [2.05, 4.69) is 15.6 Å². The smallest absolute Gasteiger partial charge is 0.271 e. The normalized spacial score (nSPS) is 9.44. The van der Waals surface area contributed by atoms with E-state index in [1.807, 2.05) is 6.92 Å². The van der Waals surface area contributed by atoms with Gasteiger partial charge in [0, 0.05) is 18.3 Å². The van der Waals surface area contributed by atoms with Crippen LogP contribution in [0.4, 0.5) is 0 Å². The average Bonchev–Trinajstić information content (AvgIpc) is 2.75. The van der Waals surface area contributed by atoms with Crippen molar-refractivity contribution in [1.29, 1.82) is 0 Å². The highest BCUT2D eigenvalue weighted by atomic mass is 35.5. The number of nitrogens with one attached hydrogen (secondary N) is 2. The molecule has 0 aliphatic heterocycles. The molecule has 2 amide bonds. The first kappa shape index (κ1) is 16.8. The molecule has 0 radical (unpaired) electrons. The van der Waals surface area contributed by atoms with Crippen molar-refractivity contribution < 1.29 is 9.59 Å². The van der Waals surface area contributed by atoms with Gasteiger partial charge in [0.25, 0.3) is 5.91 Å². The average molecular weight is 293 g/mol. The molecule has 0 aliphatic carbocycles. The molecular weight excluding hydrogens is 276 g/mol. The summed E-state index contributed by atoms with van der Waals surface area (Å²) in [7, 11) is 0. The Morgan fingerprint density at radius 3 is 2.78 bits per heavy atom. The van der Waals surface area contributed by atoms with E-state index in [9.17, 15) is 9.59 Å². The molecule has 4 N–H and O–H groups in total. The van der Waals surface area contributed by atoms with Crippen molar-refractivity contribution in [1.82, 2.24) is 15.6 Å². The van der Waals surface area contributed by atoms with Crippen molar-refractivity contribution in [2.24, 2.45) is 5.73 Å². The Kier molecular flexibility index (Phi) is 8.27. The summed E-state index contributed by atoms with van der Waals surface area (Å²) < 4.78 is 0. The molecule has 0 bridgehead atoms. The molecule has 1 aromatic rings. The fourth-order valence-corrected chi connectivity index (χ4v) is 1.96. The molecule has 102 valence electrons. The monoisotopic (exact) mass is 292 g/mol. The van der Waals surface area contributed by atoms with Crippen molar-refractivity contribution in [3.05, 3.63) is 16.1 Å². The molecule has 1 heterocycles. The summed E-state index contributed by atoms with van der Waals surface area (Å²) in [5.74, 6) is -0.547. The third-order valence-electron chi connectivity index (χ3n) is 1.93. The first-order valence-electron chi connectivity index (χ1n) is 5.36. The quantitative estimate of drug-likeness (QED) is 0.684. The van der Waals surface area contributed by atoms with Gasteiger partial charge in [0.05, 0.1) is 11.6 Å². The molecule has 0 saturated heterocycles. The molecule has 18 heavy (non-hydrogen) atoms. The lowest BCUT2D eigenvalue weighted by molar-refractivity contribution is -0.120. The van der Waals surface area contributed by atoms with Gasteiger partial charge in [0.15, 0.2) is 0 Å². The second kappa shape index (κ2) is 8.84. The van der Waals surface area contributed by atoms with E-state index in [-0.39, 0.29) is 30.8 Å². The number of carbonyl (C=O) groups excluding carboxylic acids is 2. The Balaban J connectivity index is 0.00000289. The summed E-state index contributed by atoms with van der Waals surface area (Å²) in [5.41, 5.74) is 5.73. The largest absolute Gasteiger partial charge is 0.355 e. The minimum absolute atomic E-state index is 0. The van der Waals surface area contributed by atoms with Crippen LogP contribution >= 0.6 is 23.7 Å². The van der Waals surface area contributed by atoms with Gasteiger partial charge in [-0.25, -0.2) is 4.98 Å². The lowest BCUT2D eigenvalue weighted by Crippen LogP contribution is -2.36. The van der Waals surface area contributed by atoms with Crippen LogP contribution in [0.1, 0.15) is 22.4 Å². The molecule has 1 rings (SSSR count). The van der Waals surface area contributed by atoms with Crippen molar-refractivity contribution in [3.63, 3.8) is 0 Å². The highest BCUT2D eigenvalue weighted by Crippen LogP contribution is 2.09. The Bertz CT molecular complexity index is 397. The van der Waals surface area contributed by atoms with Gasteiger partial charge < -0.3 is 16.4 Å². The molecule has 0 saturated carbocycles. The maximum Gasteiger partial charge on any atom is 0.271 e. The number of hydrogen-bond donors (Lipinski definition) is 3. The van der Waals surface area contributed by atoms with E-state index < -0.39 is 0 Å². The highest BCUT2D eigenvalue weighted by molar-refractivity contribution is 7.09. The molecule has 6 nitrogen and oxygen atoms in total. The fourth-order valence-electron chi connectivity index (χ4n) is 1.16. The number of nitrogens with two attached hydrogens (primary N) is 1. The van der Waals surface area contributed by atoms with Crippen LogP contribution in [0.2, 0.25) is 0 Å². The van der Waals surface area contributed by atoms with Gasteiger partial charge in [-0.15, -0.1) is 23.7 Å². The van der Waals surface area contributed by atoms with Gasteiger partial charge in [-0.3, -0.25) is 9.59 Å². The number of thiazole rings is 1. The molecule has 0 unspecified atom stereocenters. The summed E-state index contributed by atoms with van der Waals surface area (Å²) in [6.45, 7) is 2.84. The van der Waals surface area contributed by atoms with Crippen molar-refractivity contribution >= 4 is 35.6 Å². The number of halogens is 1. The van der Waals surface area contributed by atoms with E-state index in [1.54, 1.807) is 5.38 Å². The summed E-state index contributed by atoms with van der Waals surface area (Å²) in [6.07, 6.45) is 0.661. The van der Waals surface area contributed by atoms with Crippen LogP contribution in [0, 0.1) is 0 Å². The summed E-state index contributed by atoms with van der Waals surface area (Å²) in [6, 6.07) is 0. The second-order valence-electron chi connectivity index (χ2n) is 3.30. The standard InChI is InChI=1S/C10H16N4O2S.ClH/c1-2-12-8(15)5-13-10(16)7-6-17-9(14-7)3-4-11;/h6H,2-5,11H2,1H3,(H,12,15)(H,13,16);1H. The Labute approximate surface area is 116 Å². The van der Waals surface area contributed by atoms with Crippen LogP contribution < -0.4 is 16.4 Å². The van der Waals surface area contributed by atoms with Crippen LogP contribution in [0.15, 0.2) is 5.38 Å². The minimum atomic E-state index is -0.337. The van der Waals surface area contributed by atoms with Crippen LogP contribution in [-0.4, -0.2) is 36.4 Å². The number of rotatable bonds is 6. The van der Waals surface area contributed by atoms with Crippen LogP contribution in [0.3, 0.4) is 0 Å². The van der Waals surface area contributed by atoms with Gasteiger partial charge in [-0.2, -0.15) is 0 Å². The maximum atomic E-state index is 11.6. The number of nitrogens with zero attached hydrogens (tertiary/aromatic N) is 1. The minimum Gasteiger partial charge on any atom is -0.355 e. The molecule has 1 aromatic heterocycles. The van der Waals surface area contributed by atoms with Gasteiger partial charge >= 0.3 is 0 Å². The summed E-state index contributed by atoms with van der Waals surface area (Å²) >= 11 is 1.39. The number of carbonyl (C=O) groups is 2. The zero-order valence-electron chi connectivity index (χ0n) is 10.1. The lowest BCUT2D eigenvalue weighted by Gasteiger charge is -2.03. The van der Waals surface area contributed by atoms with Crippen LogP contribution in [-0.2, 0) is 11.2 Å². The lowest BCUT2D eigenvalue weighted by atomic mass is 10.4. The third kappa shape index (κ3) is 5.44. The number of likely N-dealkylation sites (N-methyl/N-ethyl adjacent to an activating group) is 1. The van der Waals surface area contributed by atoms with Crippen molar-refractivity contribution in [2.75, 3.05) is 19.6 Å². The first-order valence-corrected chi connectivity index (χ1v) is 6.24. The topological polar surface area (TPSA) is 97.1 Å². The first-order chi connectivity index (χ1) is 8.17. The van der Waals surface area contributed by atoms with E-state index in [1.165, 1.54) is 11.3 Å². The van der Waals surface area contributed by atoms with Crippen molar-refractivity contribution in [3.8, 4) is 0 Å². The fraction of sp³-hybridized carbons (Fsp3) is 0.500. The van der Waals surface area contributed by atoms with E-state index >= 15 is 0 Å². The maximum absolute atomic E-state index is 11.6. The number of hydrogen-bond acceptors (Lipinski definition) is 5. The predicted octanol–water partition coefficient (Wildman–Crippen LogP) is -0.0680. The zero-order chi connectivity index (χ0) is 12.7. The van der Waals surface area contributed by atoms with E-state index in [0.717, 1.165) is 5.01 Å². The van der Waals surface area contributed by atoms with Gasteiger partial charge in [0.1, 0.15) is 5.69 Å². The molecule has 8 heteroatoms. The van der Waals surface area contributed by atoms with E-state index in [0.29, 0.717) is 25.2 Å². The van der Waals surface area contributed by atoms with E-state index in [4.69, 9.17) is 5.73 Å². The second-order valence-corrected chi connectivity index (χ2v) is 4.24. The Morgan fingerprint density at radius 1 is 1.44 bits per heavy atom. The molecule has 0 spiro atoms. The van der Waals surface area contributed by atoms with Crippen LogP contribution in [0.25, 0.3) is 0 Å². The van der Waals surface area contributed by atoms with Crippen molar-refractivity contribution in [2.45, 2.75) is 13.3 Å².